The smallest absolute Gasteiger partial charge is 0.329 e. The van der Waals surface area contributed by atoms with Gasteiger partial charge < -0.3 is 19.5 Å². The van der Waals surface area contributed by atoms with Crippen LogP contribution in [0.25, 0.3) is 0 Å². The van der Waals surface area contributed by atoms with Crippen LogP contribution in [0.2, 0.25) is 10.0 Å². The maximum Gasteiger partial charge on any atom is 0.329 e. The number of rotatable bonds is 6. The third-order valence-electron chi connectivity index (χ3n) is 6.57. The van der Waals surface area contributed by atoms with Crippen LogP contribution in [0, 0.1) is 0 Å². The Morgan fingerprint density at radius 2 is 1.56 bits per heavy atom. The minimum Gasteiger partial charge on any atom is -0.497 e. The molecule has 1 aliphatic heterocycles. The first-order chi connectivity index (χ1) is 16.3. The van der Waals surface area contributed by atoms with Gasteiger partial charge in [-0.15, -0.1) is 0 Å². The summed E-state index contributed by atoms with van der Waals surface area (Å²) in [7, 11) is 3.26. The van der Waals surface area contributed by atoms with Gasteiger partial charge in [0, 0.05) is 32.6 Å². The maximum atomic E-state index is 13.4. The van der Waals surface area contributed by atoms with Crippen LogP contribution in [0.15, 0.2) is 60.7 Å². The minimum atomic E-state index is -0.766. The van der Waals surface area contributed by atoms with E-state index in [1.54, 1.807) is 33.3 Å². The first-order valence-corrected chi connectivity index (χ1v) is 11.8. The molecule has 3 aromatic carbocycles. The quantitative estimate of drug-likeness (QED) is 0.394. The molecule has 0 aromatic heterocycles. The summed E-state index contributed by atoms with van der Waals surface area (Å²) in [6, 6.07) is 18.4. The van der Waals surface area contributed by atoms with Gasteiger partial charge in [0.15, 0.2) is 0 Å². The number of benzene rings is 3. The van der Waals surface area contributed by atoms with E-state index in [1.807, 2.05) is 48.5 Å². The highest BCUT2D eigenvalue weighted by atomic mass is 35.5. The van der Waals surface area contributed by atoms with Gasteiger partial charge in [-0.3, -0.25) is 0 Å². The van der Waals surface area contributed by atoms with Gasteiger partial charge in [0.05, 0.1) is 20.8 Å². The number of halogens is 2. The van der Waals surface area contributed by atoms with Crippen molar-refractivity contribution >= 4 is 34.9 Å². The van der Waals surface area contributed by atoms with E-state index in [-0.39, 0.29) is 18.5 Å². The predicted molar refractivity (Wildman–Crippen MR) is 136 cm³/mol. The molecule has 0 fully saturated rings. The molecule has 0 saturated carbocycles. The zero-order chi connectivity index (χ0) is 24.5. The van der Waals surface area contributed by atoms with Crippen molar-refractivity contribution in [1.82, 2.24) is 0 Å². The average Bonchev–Trinajstić information content (AvgIpc) is 2.84. The normalized spacial score (nSPS) is 21.2. The molecule has 0 saturated heterocycles. The van der Waals surface area contributed by atoms with E-state index in [1.165, 1.54) is 0 Å². The van der Waals surface area contributed by atoms with Gasteiger partial charge in [0.25, 0.3) is 0 Å². The van der Waals surface area contributed by atoms with Crippen LogP contribution in [0.4, 0.5) is 5.69 Å². The lowest BCUT2D eigenvalue weighted by Gasteiger charge is -2.48. The number of methoxy groups -OCH3 is 2. The number of carbonyl (C=O) groups is 1. The van der Waals surface area contributed by atoms with Crippen molar-refractivity contribution in [3.8, 4) is 11.5 Å². The van der Waals surface area contributed by atoms with Gasteiger partial charge in [0.2, 0.25) is 0 Å². The van der Waals surface area contributed by atoms with Crippen LogP contribution < -0.4 is 14.8 Å². The van der Waals surface area contributed by atoms with Crippen LogP contribution >= 0.6 is 23.2 Å². The fourth-order valence-electron chi connectivity index (χ4n) is 4.89. The molecule has 0 spiro atoms. The molecule has 7 heteroatoms. The van der Waals surface area contributed by atoms with E-state index >= 15 is 0 Å². The molecule has 3 unspecified atom stereocenters. The molecule has 1 aliphatic rings. The second-order valence-electron chi connectivity index (χ2n) is 8.40. The summed E-state index contributed by atoms with van der Waals surface area (Å²) in [4.78, 5) is 13.4. The lowest BCUT2D eigenvalue weighted by molar-refractivity contribution is -0.146. The number of fused-ring (bicyclic) bond motifs is 1. The average molecular weight is 500 g/mol. The third-order valence-corrected chi connectivity index (χ3v) is 7.10. The summed E-state index contributed by atoms with van der Waals surface area (Å²) >= 11 is 13.2. The van der Waals surface area contributed by atoms with E-state index in [2.05, 4.69) is 12.2 Å². The van der Waals surface area contributed by atoms with E-state index in [4.69, 9.17) is 37.4 Å². The van der Waals surface area contributed by atoms with Crippen molar-refractivity contribution < 1.29 is 19.0 Å². The molecular formula is C27H27Cl2NO4. The number of carbonyl (C=O) groups excluding carboxylic acids is 1. The Morgan fingerprint density at radius 1 is 0.971 bits per heavy atom. The number of ether oxygens (including phenoxy) is 3. The van der Waals surface area contributed by atoms with E-state index < -0.39 is 11.5 Å². The maximum absolute atomic E-state index is 13.4. The third kappa shape index (κ3) is 4.19. The van der Waals surface area contributed by atoms with Gasteiger partial charge in [-0.2, -0.15) is 0 Å². The lowest BCUT2D eigenvalue weighted by Crippen LogP contribution is -2.55. The Balaban J connectivity index is 2.02. The van der Waals surface area contributed by atoms with Crippen LogP contribution in [0.3, 0.4) is 0 Å². The minimum absolute atomic E-state index is 0.270. The highest BCUT2D eigenvalue weighted by Crippen LogP contribution is 2.54. The topological polar surface area (TPSA) is 56.8 Å². The van der Waals surface area contributed by atoms with Gasteiger partial charge in [-0.1, -0.05) is 54.4 Å². The van der Waals surface area contributed by atoms with Gasteiger partial charge in [-0.05, 0) is 54.4 Å². The molecule has 0 radical (unpaired) electrons. The lowest BCUT2D eigenvalue weighted by atomic mass is 9.60. The van der Waals surface area contributed by atoms with Crippen LogP contribution in [-0.2, 0) is 14.9 Å². The van der Waals surface area contributed by atoms with Crippen LogP contribution in [0.1, 0.15) is 36.5 Å². The highest BCUT2D eigenvalue weighted by Gasteiger charge is 2.53. The van der Waals surface area contributed by atoms with Crippen molar-refractivity contribution in [2.45, 2.75) is 31.2 Å². The standard InChI is InChI=1S/C27H27Cl2NO4/c1-5-34-26(31)25-27(2,17-8-12-20(33-4)13-9-17)24(16-6-10-19(32-3)11-7-16)23-21(29)14-18(28)15-22(23)30-25/h6-15,24-25,30H,5H2,1-4H3. The van der Waals surface area contributed by atoms with Crippen molar-refractivity contribution in [3.63, 3.8) is 0 Å². The Bertz CT molecular complexity index is 1180. The zero-order valence-corrected chi connectivity index (χ0v) is 21.0. The monoisotopic (exact) mass is 499 g/mol. The molecule has 178 valence electrons. The Hall–Kier alpha value is -2.89. The molecular weight excluding hydrogens is 473 g/mol. The Kier molecular flexibility index (Phi) is 6.96. The molecule has 34 heavy (non-hydrogen) atoms. The molecule has 3 atom stereocenters. The second-order valence-corrected chi connectivity index (χ2v) is 9.24. The molecule has 0 amide bonds. The Labute approximate surface area is 209 Å². The van der Waals surface area contributed by atoms with Crippen molar-refractivity contribution in [1.29, 1.82) is 0 Å². The highest BCUT2D eigenvalue weighted by molar-refractivity contribution is 6.35. The Morgan fingerprint density at radius 3 is 2.12 bits per heavy atom. The fraction of sp³-hybridized carbons (Fsp3) is 0.296. The number of anilines is 1. The second kappa shape index (κ2) is 9.77. The summed E-state index contributed by atoms with van der Waals surface area (Å²) < 4.78 is 16.3. The van der Waals surface area contributed by atoms with Gasteiger partial charge >= 0.3 is 5.97 Å². The van der Waals surface area contributed by atoms with E-state index in [0.29, 0.717) is 15.7 Å². The molecule has 1 N–H and O–H groups in total. The number of esters is 1. The van der Waals surface area contributed by atoms with Crippen molar-refractivity contribution in [2.75, 3.05) is 26.1 Å². The first-order valence-electron chi connectivity index (χ1n) is 11.0. The first kappa shape index (κ1) is 24.2. The molecule has 3 aromatic rings. The molecule has 0 bridgehead atoms. The van der Waals surface area contributed by atoms with Crippen LogP contribution in [-0.4, -0.2) is 32.8 Å². The van der Waals surface area contributed by atoms with Gasteiger partial charge in [0.1, 0.15) is 17.5 Å². The predicted octanol–water partition coefficient (Wildman–Crippen LogP) is 6.46. The van der Waals surface area contributed by atoms with Crippen LogP contribution in [0.5, 0.6) is 11.5 Å². The summed E-state index contributed by atoms with van der Waals surface area (Å²) in [5.74, 6) is 0.839. The molecule has 5 nitrogen and oxygen atoms in total. The largest absolute Gasteiger partial charge is 0.497 e. The number of nitrogens with one attached hydrogen (secondary N) is 1. The molecule has 4 rings (SSSR count). The fourth-order valence-corrected chi connectivity index (χ4v) is 5.49. The molecule has 0 aliphatic carbocycles. The van der Waals surface area contributed by atoms with E-state index in [9.17, 15) is 4.79 Å². The summed E-state index contributed by atoms with van der Waals surface area (Å²) in [6.07, 6.45) is 0. The van der Waals surface area contributed by atoms with Gasteiger partial charge in [-0.25, -0.2) is 4.79 Å². The summed E-state index contributed by atoms with van der Waals surface area (Å²) in [5, 5.41) is 4.42. The number of hydrogen-bond acceptors (Lipinski definition) is 5. The summed E-state index contributed by atoms with van der Waals surface area (Å²) in [6.45, 7) is 4.13. The number of hydrogen-bond donors (Lipinski definition) is 1. The van der Waals surface area contributed by atoms with E-state index in [0.717, 1.165) is 28.2 Å². The van der Waals surface area contributed by atoms with Crippen molar-refractivity contribution in [3.05, 3.63) is 87.4 Å². The summed E-state index contributed by atoms with van der Waals surface area (Å²) in [5.41, 5.74) is 2.74. The molecule has 1 heterocycles. The zero-order valence-electron chi connectivity index (χ0n) is 19.5. The SMILES string of the molecule is CCOC(=O)C1Nc2cc(Cl)cc(Cl)c2C(c2ccc(OC)cc2)C1(C)c1ccc(OC)cc1. The van der Waals surface area contributed by atoms with Crippen molar-refractivity contribution in [2.24, 2.45) is 0 Å².